The smallest absolute Gasteiger partial charge is 0.272 e. The Hall–Kier alpha value is -3.45. The van der Waals surface area contributed by atoms with Gasteiger partial charge in [-0.25, -0.2) is 0 Å². The summed E-state index contributed by atoms with van der Waals surface area (Å²) in [5, 5.41) is 9.45. The van der Waals surface area contributed by atoms with Crippen LogP contribution < -0.4 is 16.0 Å². The second kappa shape index (κ2) is 14.8. The molecule has 0 fully saturated rings. The molecule has 0 unspecified atom stereocenters. The summed E-state index contributed by atoms with van der Waals surface area (Å²) >= 11 is 7.39. The van der Waals surface area contributed by atoms with Gasteiger partial charge in [0.05, 0.1) is 5.75 Å². The van der Waals surface area contributed by atoms with Crippen molar-refractivity contribution in [2.24, 2.45) is 0 Å². The number of benzene rings is 3. The number of halogens is 1. The first-order valence-electron chi connectivity index (χ1n) is 12.0. The van der Waals surface area contributed by atoms with Gasteiger partial charge in [-0.3, -0.25) is 19.7 Å². The zero-order valence-electron chi connectivity index (χ0n) is 21.2. The lowest BCUT2D eigenvalue weighted by atomic mass is 10.1. The van der Waals surface area contributed by atoms with E-state index in [4.69, 9.17) is 0 Å². The van der Waals surface area contributed by atoms with E-state index >= 15 is 0 Å². The highest BCUT2D eigenvalue weighted by Gasteiger charge is 2.16. The zero-order valence-corrected chi connectivity index (χ0v) is 25.3. The second-order valence-electron chi connectivity index (χ2n) is 8.06. The third-order valence-corrected chi connectivity index (χ3v) is 8.10. The van der Waals surface area contributed by atoms with Crippen molar-refractivity contribution < 1.29 is 14.4 Å². The minimum Gasteiger partial charge on any atom is -0.321 e. The van der Waals surface area contributed by atoms with Crippen LogP contribution in [-0.2, 0) is 9.59 Å². The molecule has 0 radical (unpaired) electrons. The Morgan fingerprint density at radius 3 is 2.48 bits per heavy atom. The number of anilines is 2. The van der Waals surface area contributed by atoms with Crippen LogP contribution in [0.5, 0.6) is 0 Å². The quantitative estimate of drug-likeness (QED) is 0.124. The zero-order chi connectivity index (χ0) is 28.3. The molecule has 1 heterocycles. The van der Waals surface area contributed by atoms with Crippen LogP contribution in [0.15, 0.2) is 99.1 Å². The van der Waals surface area contributed by atoms with E-state index in [2.05, 4.69) is 41.2 Å². The van der Waals surface area contributed by atoms with Crippen LogP contribution in [0.2, 0.25) is 0 Å². The van der Waals surface area contributed by atoms with Gasteiger partial charge < -0.3 is 10.6 Å². The summed E-state index contributed by atoms with van der Waals surface area (Å²) < 4.78 is 5.09. The number of amides is 3. The maximum Gasteiger partial charge on any atom is 0.272 e. The molecule has 0 bridgehead atoms. The number of carbonyl (C=O) groups is 3. The lowest BCUT2D eigenvalue weighted by Gasteiger charge is -2.12. The van der Waals surface area contributed by atoms with E-state index in [1.54, 1.807) is 48.5 Å². The van der Waals surface area contributed by atoms with Crippen LogP contribution >= 0.6 is 51.0 Å². The lowest BCUT2D eigenvalue weighted by molar-refractivity contribution is -0.114. The van der Waals surface area contributed by atoms with Crippen LogP contribution in [0.1, 0.15) is 22.8 Å². The summed E-state index contributed by atoms with van der Waals surface area (Å²) in [6.45, 7) is 2.01. The average Bonchev–Trinajstić information content (AvgIpc) is 3.40. The molecular weight excluding hydrogens is 630 g/mol. The first-order chi connectivity index (χ1) is 19.4. The van der Waals surface area contributed by atoms with E-state index < -0.39 is 11.8 Å². The highest BCUT2D eigenvalue weighted by molar-refractivity contribution is 9.10. The standard InChI is InChI=1S/C28H24BrN5O3S3/c1-2-38-28-33-27(40-34-28)32-24(35)17-39-22-10-6-9-21(16-22)30-26(37)23(15-18-11-13-20(29)14-12-18)31-25(36)19-7-4-3-5-8-19/h3-16H,2,17H2,1H3,(H,30,37)(H,31,36)(H,32,33,34,35)/b23-15-. The molecule has 0 aliphatic heterocycles. The Morgan fingerprint density at radius 1 is 0.950 bits per heavy atom. The third-order valence-electron chi connectivity index (χ3n) is 5.10. The fraction of sp³-hybridized carbons (Fsp3) is 0.107. The Kier molecular flexibility index (Phi) is 10.9. The minimum absolute atomic E-state index is 0.0891. The molecule has 0 spiro atoms. The van der Waals surface area contributed by atoms with Crippen molar-refractivity contribution in [1.82, 2.24) is 14.7 Å². The van der Waals surface area contributed by atoms with Crippen molar-refractivity contribution in [3.8, 4) is 0 Å². The molecule has 12 heteroatoms. The SMILES string of the molecule is CCSc1nsc(NC(=O)CSc2cccc(NC(=O)/C(=C/c3ccc(Br)cc3)NC(=O)c3ccccc3)c2)n1. The highest BCUT2D eigenvalue weighted by atomic mass is 79.9. The Morgan fingerprint density at radius 2 is 1.73 bits per heavy atom. The first kappa shape index (κ1) is 29.5. The van der Waals surface area contributed by atoms with Gasteiger partial charge in [0, 0.05) is 32.2 Å². The van der Waals surface area contributed by atoms with E-state index in [1.165, 1.54) is 23.5 Å². The maximum atomic E-state index is 13.3. The second-order valence-corrected chi connectivity index (χ2v) is 12.0. The molecule has 0 aliphatic carbocycles. The monoisotopic (exact) mass is 653 g/mol. The number of carbonyl (C=O) groups excluding carboxylic acids is 3. The lowest BCUT2D eigenvalue weighted by Crippen LogP contribution is -2.30. The van der Waals surface area contributed by atoms with Gasteiger partial charge >= 0.3 is 0 Å². The molecule has 204 valence electrons. The molecule has 0 saturated carbocycles. The average molecular weight is 655 g/mol. The van der Waals surface area contributed by atoms with Gasteiger partial charge in [0.25, 0.3) is 11.8 Å². The van der Waals surface area contributed by atoms with Crippen LogP contribution in [0.3, 0.4) is 0 Å². The Labute approximate surface area is 252 Å². The fourth-order valence-corrected chi connectivity index (χ4v) is 5.59. The molecule has 4 rings (SSSR count). The third kappa shape index (κ3) is 9.05. The predicted molar refractivity (Wildman–Crippen MR) is 167 cm³/mol. The van der Waals surface area contributed by atoms with Gasteiger partial charge in [0.1, 0.15) is 5.70 Å². The molecule has 0 saturated heterocycles. The van der Waals surface area contributed by atoms with Crippen LogP contribution in [0.25, 0.3) is 6.08 Å². The van der Waals surface area contributed by atoms with E-state index in [0.717, 1.165) is 32.2 Å². The van der Waals surface area contributed by atoms with Crippen molar-refractivity contribution in [2.45, 2.75) is 17.0 Å². The van der Waals surface area contributed by atoms with Gasteiger partial charge in [-0.15, -0.1) is 11.8 Å². The summed E-state index contributed by atoms with van der Waals surface area (Å²) in [7, 11) is 0. The molecule has 0 atom stereocenters. The number of aromatic nitrogens is 2. The number of thioether (sulfide) groups is 2. The van der Waals surface area contributed by atoms with Crippen LogP contribution in [0.4, 0.5) is 10.8 Å². The van der Waals surface area contributed by atoms with E-state index in [9.17, 15) is 14.4 Å². The van der Waals surface area contributed by atoms with Crippen LogP contribution in [-0.4, -0.2) is 38.6 Å². The molecule has 3 amide bonds. The summed E-state index contributed by atoms with van der Waals surface area (Å²) in [6.07, 6.45) is 1.61. The van der Waals surface area contributed by atoms with Gasteiger partial charge in [-0.1, -0.05) is 71.0 Å². The van der Waals surface area contributed by atoms with E-state index in [0.29, 0.717) is 21.5 Å². The molecule has 0 aliphatic rings. The minimum atomic E-state index is -0.482. The fourth-order valence-electron chi connectivity index (χ4n) is 3.28. The normalized spacial score (nSPS) is 11.1. The Balaban J connectivity index is 1.42. The van der Waals surface area contributed by atoms with Gasteiger partial charge in [0.15, 0.2) is 0 Å². The molecular formula is C28H24BrN5O3S3. The van der Waals surface area contributed by atoms with Gasteiger partial charge in [-0.05, 0) is 59.9 Å². The van der Waals surface area contributed by atoms with Crippen molar-refractivity contribution in [3.05, 3.63) is 100 Å². The summed E-state index contributed by atoms with van der Waals surface area (Å²) in [5.41, 5.74) is 1.79. The molecule has 3 N–H and O–H groups in total. The summed E-state index contributed by atoms with van der Waals surface area (Å²) in [5.74, 6) is -0.0653. The predicted octanol–water partition coefficient (Wildman–Crippen LogP) is 6.55. The number of nitrogens with zero attached hydrogens (tertiary/aromatic N) is 2. The maximum absolute atomic E-state index is 13.3. The number of hydrogen-bond donors (Lipinski definition) is 3. The first-order valence-corrected chi connectivity index (χ1v) is 15.6. The number of hydrogen-bond acceptors (Lipinski definition) is 8. The van der Waals surface area contributed by atoms with Crippen molar-refractivity contribution in [1.29, 1.82) is 0 Å². The topological polar surface area (TPSA) is 113 Å². The molecule has 3 aromatic carbocycles. The van der Waals surface area contributed by atoms with Crippen molar-refractivity contribution >= 4 is 85.6 Å². The van der Waals surface area contributed by atoms with Gasteiger partial charge in [0.2, 0.25) is 16.2 Å². The van der Waals surface area contributed by atoms with Gasteiger partial charge in [-0.2, -0.15) is 9.36 Å². The van der Waals surface area contributed by atoms with E-state index in [1.807, 2.05) is 43.3 Å². The Bertz CT molecular complexity index is 1510. The largest absolute Gasteiger partial charge is 0.321 e. The van der Waals surface area contributed by atoms with Crippen molar-refractivity contribution in [3.63, 3.8) is 0 Å². The summed E-state index contributed by atoms with van der Waals surface area (Å²) in [4.78, 5) is 43.6. The van der Waals surface area contributed by atoms with E-state index in [-0.39, 0.29) is 17.4 Å². The molecule has 4 aromatic rings. The van der Waals surface area contributed by atoms with Crippen LogP contribution in [0, 0.1) is 0 Å². The molecule has 1 aromatic heterocycles. The number of nitrogens with one attached hydrogen (secondary N) is 3. The summed E-state index contributed by atoms with van der Waals surface area (Å²) in [6, 6.07) is 23.2. The molecule has 40 heavy (non-hydrogen) atoms. The number of rotatable bonds is 11. The molecule has 8 nitrogen and oxygen atoms in total. The highest BCUT2D eigenvalue weighted by Crippen LogP contribution is 2.24. The van der Waals surface area contributed by atoms with Crippen molar-refractivity contribution in [2.75, 3.05) is 22.1 Å².